The van der Waals surface area contributed by atoms with Gasteiger partial charge in [0.2, 0.25) is 5.75 Å². The summed E-state index contributed by atoms with van der Waals surface area (Å²) in [6.45, 7) is 3.19. The molecule has 3 rings (SSSR count). The van der Waals surface area contributed by atoms with Crippen LogP contribution in [0.4, 0.5) is 5.69 Å². The lowest BCUT2D eigenvalue weighted by Crippen LogP contribution is -2.20. The Morgan fingerprint density at radius 3 is 2.81 bits per heavy atom. The summed E-state index contributed by atoms with van der Waals surface area (Å²) in [5.41, 5.74) is 0.0753. The van der Waals surface area contributed by atoms with Gasteiger partial charge in [0.25, 0.3) is 5.56 Å². The Hall–Kier alpha value is -3.78. The first-order chi connectivity index (χ1) is 14.8. The number of aryl methyl sites for hydroxylation is 1. The van der Waals surface area contributed by atoms with Crippen molar-refractivity contribution in [3.8, 4) is 17.6 Å². The maximum absolute atomic E-state index is 12.8. The van der Waals surface area contributed by atoms with Crippen molar-refractivity contribution in [3.63, 3.8) is 0 Å². The molecule has 158 valence electrons. The summed E-state index contributed by atoms with van der Waals surface area (Å²) in [5, 5.41) is 24.8. The first-order valence-corrected chi connectivity index (χ1v) is 9.83. The van der Waals surface area contributed by atoms with Crippen LogP contribution in [0.25, 0.3) is 10.9 Å². The van der Waals surface area contributed by atoms with Crippen molar-refractivity contribution in [2.24, 2.45) is 5.10 Å². The Morgan fingerprint density at radius 1 is 1.35 bits per heavy atom. The largest absolute Gasteiger partial charge is 0.490 e. The highest BCUT2D eigenvalue weighted by Crippen LogP contribution is 2.38. The quantitative estimate of drug-likeness (QED) is 0.283. The summed E-state index contributed by atoms with van der Waals surface area (Å²) in [6, 6.07) is 9.63. The average molecular weight is 486 g/mol. The summed E-state index contributed by atoms with van der Waals surface area (Å²) in [7, 11) is 0. The third kappa shape index (κ3) is 4.70. The first kappa shape index (κ1) is 21.9. The Balaban J connectivity index is 2.11. The van der Waals surface area contributed by atoms with E-state index in [4.69, 9.17) is 14.7 Å². The minimum Gasteiger partial charge on any atom is -0.490 e. The third-order valence-electron chi connectivity index (χ3n) is 4.13. The molecule has 0 spiro atoms. The molecule has 0 amide bonds. The average Bonchev–Trinajstić information content (AvgIpc) is 2.73. The van der Waals surface area contributed by atoms with Crippen LogP contribution in [0.15, 0.2) is 44.7 Å². The zero-order chi connectivity index (χ0) is 22.5. The van der Waals surface area contributed by atoms with Crippen LogP contribution >= 0.6 is 15.9 Å². The number of nitro groups is 1. The van der Waals surface area contributed by atoms with Crippen LogP contribution in [0, 0.1) is 28.4 Å². The highest BCUT2D eigenvalue weighted by Gasteiger charge is 2.22. The van der Waals surface area contributed by atoms with Crippen LogP contribution in [0.5, 0.6) is 11.5 Å². The van der Waals surface area contributed by atoms with E-state index in [2.05, 4.69) is 26.0 Å². The van der Waals surface area contributed by atoms with E-state index in [0.29, 0.717) is 22.3 Å². The molecular weight excluding hydrogens is 470 g/mol. The highest BCUT2D eigenvalue weighted by molar-refractivity contribution is 9.10. The van der Waals surface area contributed by atoms with Crippen molar-refractivity contribution in [2.45, 2.75) is 13.8 Å². The van der Waals surface area contributed by atoms with Gasteiger partial charge in [0, 0.05) is 16.1 Å². The van der Waals surface area contributed by atoms with Crippen LogP contribution < -0.4 is 15.0 Å². The zero-order valence-corrected chi connectivity index (χ0v) is 18.1. The molecule has 0 fully saturated rings. The van der Waals surface area contributed by atoms with E-state index in [1.165, 1.54) is 18.3 Å². The number of fused-ring (bicyclic) bond motifs is 1. The number of aromatic nitrogens is 2. The van der Waals surface area contributed by atoms with Crippen molar-refractivity contribution in [1.82, 2.24) is 9.66 Å². The number of hydrogen-bond donors (Lipinski definition) is 0. The normalized spacial score (nSPS) is 10.9. The summed E-state index contributed by atoms with van der Waals surface area (Å²) >= 11 is 3.33. The van der Waals surface area contributed by atoms with Gasteiger partial charge in [-0.2, -0.15) is 15.0 Å². The first-order valence-electron chi connectivity index (χ1n) is 9.04. The number of nitriles is 1. The van der Waals surface area contributed by atoms with Gasteiger partial charge < -0.3 is 9.47 Å². The lowest BCUT2D eigenvalue weighted by molar-refractivity contribution is -0.385. The molecule has 3 aromatic rings. The molecule has 0 bridgehead atoms. The summed E-state index contributed by atoms with van der Waals surface area (Å²) in [5.74, 6) is 0.304. The van der Waals surface area contributed by atoms with Gasteiger partial charge in [-0.05, 0) is 38.1 Å². The lowest BCUT2D eigenvalue weighted by Gasteiger charge is -2.11. The number of nitro benzene ring substituents is 1. The number of rotatable bonds is 7. The molecule has 0 atom stereocenters. The van der Waals surface area contributed by atoms with Gasteiger partial charge >= 0.3 is 5.69 Å². The fraction of sp³-hybridized carbons (Fsp3) is 0.200. The second-order valence-electron chi connectivity index (χ2n) is 6.19. The minimum atomic E-state index is -0.640. The van der Waals surface area contributed by atoms with Gasteiger partial charge in [-0.1, -0.05) is 15.9 Å². The summed E-state index contributed by atoms with van der Waals surface area (Å²) in [6.07, 6.45) is 1.30. The molecule has 0 radical (unpaired) electrons. The van der Waals surface area contributed by atoms with Gasteiger partial charge in [0.05, 0.1) is 28.6 Å². The molecular formula is C20H16BrN5O5. The molecule has 0 aliphatic carbocycles. The topological polar surface area (TPSA) is 133 Å². The van der Waals surface area contributed by atoms with Gasteiger partial charge in [-0.25, -0.2) is 4.98 Å². The standard InChI is InChI=1S/C20H16BrN5O5/c1-3-30-18-9-13(8-17(26(28)29)19(18)31-7-6-22)11-23-25-12(2)24-16-5-4-14(21)10-15(16)20(25)27/h4-5,8-11H,3,7H2,1-2H3. The maximum atomic E-state index is 12.8. The Bertz CT molecular complexity index is 1300. The summed E-state index contributed by atoms with van der Waals surface area (Å²) < 4.78 is 12.5. The van der Waals surface area contributed by atoms with E-state index < -0.39 is 4.92 Å². The maximum Gasteiger partial charge on any atom is 0.315 e. The van der Waals surface area contributed by atoms with Crippen molar-refractivity contribution >= 4 is 38.7 Å². The summed E-state index contributed by atoms with van der Waals surface area (Å²) in [4.78, 5) is 28.1. The molecule has 0 aliphatic heterocycles. The molecule has 1 aromatic heterocycles. The number of ether oxygens (including phenoxy) is 2. The monoisotopic (exact) mass is 485 g/mol. The van der Waals surface area contributed by atoms with Crippen LogP contribution in [0.3, 0.4) is 0 Å². The van der Waals surface area contributed by atoms with E-state index in [1.807, 2.05) is 0 Å². The molecule has 31 heavy (non-hydrogen) atoms. The van der Waals surface area contributed by atoms with Crippen LogP contribution in [-0.4, -0.2) is 34.0 Å². The van der Waals surface area contributed by atoms with E-state index in [0.717, 1.165) is 9.15 Å². The fourth-order valence-corrected chi connectivity index (χ4v) is 3.21. The van der Waals surface area contributed by atoms with Crippen LogP contribution in [0.1, 0.15) is 18.3 Å². The molecule has 2 aromatic carbocycles. The van der Waals surface area contributed by atoms with E-state index in [-0.39, 0.29) is 36.0 Å². The molecule has 0 N–H and O–H groups in total. The predicted octanol–water partition coefficient (Wildman–Crippen LogP) is 3.56. The van der Waals surface area contributed by atoms with E-state index in [9.17, 15) is 14.9 Å². The van der Waals surface area contributed by atoms with Gasteiger partial charge in [0.15, 0.2) is 12.4 Å². The zero-order valence-electron chi connectivity index (χ0n) is 16.5. The third-order valence-corrected chi connectivity index (χ3v) is 4.62. The second kappa shape index (κ2) is 9.36. The number of hydrogen-bond acceptors (Lipinski definition) is 8. The molecule has 0 saturated carbocycles. The van der Waals surface area contributed by atoms with Crippen molar-refractivity contribution in [2.75, 3.05) is 13.2 Å². The SMILES string of the molecule is CCOc1cc(C=Nn2c(C)nc3ccc(Br)cc3c2=O)cc([N+](=O)[O-])c1OCC#N. The fourth-order valence-electron chi connectivity index (χ4n) is 2.85. The van der Waals surface area contributed by atoms with E-state index >= 15 is 0 Å². The highest BCUT2D eigenvalue weighted by atomic mass is 79.9. The number of benzene rings is 2. The second-order valence-corrected chi connectivity index (χ2v) is 7.10. The Kier molecular flexibility index (Phi) is 6.61. The Labute approximate surface area is 184 Å². The molecule has 0 unspecified atom stereocenters. The number of halogens is 1. The molecule has 1 heterocycles. The van der Waals surface area contributed by atoms with Crippen molar-refractivity contribution < 1.29 is 14.4 Å². The van der Waals surface area contributed by atoms with Crippen LogP contribution in [-0.2, 0) is 0 Å². The van der Waals surface area contributed by atoms with Gasteiger partial charge in [0.1, 0.15) is 11.9 Å². The number of nitrogens with zero attached hydrogens (tertiary/aromatic N) is 5. The van der Waals surface area contributed by atoms with Crippen LogP contribution in [0.2, 0.25) is 0 Å². The van der Waals surface area contributed by atoms with Crippen molar-refractivity contribution in [1.29, 1.82) is 5.26 Å². The lowest BCUT2D eigenvalue weighted by atomic mass is 10.2. The van der Waals surface area contributed by atoms with Crippen molar-refractivity contribution in [3.05, 3.63) is 66.7 Å². The molecule has 10 nitrogen and oxygen atoms in total. The molecule has 0 saturated heterocycles. The Morgan fingerprint density at radius 2 is 2.13 bits per heavy atom. The van der Waals surface area contributed by atoms with Gasteiger partial charge in [-0.3, -0.25) is 14.9 Å². The predicted molar refractivity (Wildman–Crippen MR) is 117 cm³/mol. The molecule has 0 aliphatic rings. The molecule has 11 heteroatoms. The van der Waals surface area contributed by atoms with Gasteiger partial charge in [-0.15, -0.1) is 0 Å². The van der Waals surface area contributed by atoms with E-state index in [1.54, 1.807) is 38.1 Å². The minimum absolute atomic E-state index is 0.0954. The smallest absolute Gasteiger partial charge is 0.315 e.